The molecule has 0 unspecified atom stereocenters. The SMILES string of the molecule is CC(=O)Oc1ccc(/C=C/C(=O)N2CC[C@@H]3[C@H]2C(=O)N3S(=O)(=O)[O-])cc1OC(C)=O.[Na+]. The van der Waals surface area contributed by atoms with Crippen LogP contribution in [0.5, 0.6) is 11.5 Å². The van der Waals surface area contributed by atoms with E-state index in [0.717, 1.165) is 0 Å². The normalized spacial score (nSPS) is 20.0. The fourth-order valence-electron chi connectivity index (χ4n) is 3.42. The standard InChI is InChI=1S/C18H18N2O9S.Na/c1-10(21)28-14-5-3-12(9-15(14)29-11(2)22)4-6-16(23)19-8-7-13-17(19)18(24)20(13)30(25,26)27;/h3-6,9,13,17H,7-8H2,1-2H3,(H,25,26,27);/q;+1/p-1/b6-4+;/t13-,17+;/m1./s1. The number of nitrogens with zero attached hydrogens (tertiary/aromatic N) is 2. The van der Waals surface area contributed by atoms with Gasteiger partial charge >= 0.3 is 41.5 Å². The molecule has 3 rings (SSSR count). The first-order valence-electron chi connectivity index (χ1n) is 8.77. The van der Waals surface area contributed by atoms with Crippen molar-refractivity contribution < 1.29 is 71.2 Å². The van der Waals surface area contributed by atoms with Crippen molar-refractivity contribution in [3.63, 3.8) is 0 Å². The van der Waals surface area contributed by atoms with Crippen LogP contribution in [-0.2, 0) is 29.5 Å². The Morgan fingerprint density at radius 1 is 1.13 bits per heavy atom. The Kier molecular flexibility index (Phi) is 7.66. The predicted octanol–water partition coefficient (Wildman–Crippen LogP) is -3.17. The van der Waals surface area contributed by atoms with Gasteiger partial charge in [0.15, 0.2) is 21.8 Å². The molecule has 2 amide bonds. The fraction of sp³-hybridized carbons (Fsp3) is 0.333. The molecule has 2 aliphatic rings. The first-order valence-corrected chi connectivity index (χ1v) is 10.1. The van der Waals surface area contributed by atoms with Crippen molar-refractivity contribution in [1.82, 2.24) is 9.21 Å². The Morgan fingerprint density at radius 3 is 2.32 bits per heavy atom. The third-order valence-electron chi connectivity index (χ3n) is 4.55. The Labute approximate surface area is 200 Å². The molecule has 0 N–H and O–H groups in total. The number of rotatable bonds is 5. The van der Waals surface area contributed by atoms with Gasteiger partial charge in [-0.15, -0.1) is 0 Å². The Morgan fingerprint density at radius 2 is 1.74 bits per heavy atom. The van der Waals surface area contributed by atoms with Gasteiger partial charge in [0.25, 0.3) is 5.91 Å². The van der Waals surface area contributed by atoms with Gasteiger partial charge in [0.2, 0.25) is 5.91 Å². The summed E-state index contributed by atoms with van der Waals surface area (Å²) < 4.78 is 43.6. The summed E-state index contributed by atoms with van der Waals surface area (Å²) in [7, 11) is -4.90. The van der Waals surface area contributed by atoms with Crippen LogP contribution in [0.4, 0.5) is 0 Å². The fourth-order valence-corrected chi connectivity index (χ4v) is 4.30. The molecule has 0 spiro atoms. The van der Waals surface area contributed by atoms with Gasteiger partial charge in [-0.05, 0) is 30.2 Å². The van der Waals surface area contributed by atoms with Gasteiger partial charge < -0.3 is 18.9 Å². The van der Waals surface area contributed by atoms with Crippen LogP contribution in [0.3, 0.4) is 0 Å². The number of esters is 2. The van der Waals surface area contributed by atoms with E-state index in [0.29, 0.717) is 5.56 Å². The summed E-state index contributed by atoms with van der Waals surface area (Å²) in [5.74, 6) is -2.69. The van der Waals surface area contributed by atoms with Crippen LogP contribution >= 0.6 is 0 Å². The van der Waals surface area contributed by atoms with Crippen molar-refractivity contribution in [2.24, 2.45) is 0 Å². The van der Waals surface area contributed by atoms with E-state index in [1.807, 2.05) is 0 Å². The Bertz CT molecular complexity index is 1070. The summed E-state index contributed by atoms with van der Waals surface area (Å²) in [6.45, 7) is 2.49. The molecule has 31 heavy (non-hydrogen) atoms. The maximum Gasteiger partial charge on any atom is 1.00 e. The molecular weight excluding hydrogens is 443 g/mol. The average Bonchev–Trinajstić information content (AvgIpc) is 2.98. The van der Waals surface area contributed by atoms with Crippen molar-refractivity contribution >= 4 is 40.1 Å². The number of fused-ring (bicyclic) bond motifs is 1. The number of ether oxygens (including phenoxy) is 2. The zero-order chi connectivity index (χ0) is 22.2. The van der Waals surface area contributed by atoms with Crippen LogP contribution in [0, 0.1) is 0 Å². The smallest absolute Gasteiger partial charge is 0.731 e. The molecule has 2 saturated heterocycles. The predicted molar refractivity (Wildman–Crippen MR) is 98.5 cm³/mol. The maximum absolute atomic E-state index is 12.5. The molecular formula is C18H17N2NaO9S. The average molecular weight is 460 g/mol. The number of β-lactam (4-membered cyclic amide) rings is 1. The third-order valence-corrected chi connectivity index (χ3v) is 5.49. The topological polar surface area (TPSA) is 150 Å². The van der Waals surface area contributed by atoms with E-state index >= 15 is 0 Å². The molecule has 0 bridgehead atoms. The van der Waals surface area contributed by atoms with Gasteiger partial charge in [-0.25, -0.2) is 12.7 Å². The Balaban J connectivity index is 0.00000341. The summed E-state index contributed by atoms with van der Waals surface area (Å²) in [5.41, 5.74) is 0.440. The van der Waals surface area contributed by atoms with Gasteiger partial charge in [0.05, 0.1) is 6.04 Å². The molecule has 160 valence electrons. The minimum Gasteiger partial charge on any atom is -0.731 e. The van der Waals surface area contributed by atoms with Crippen molar-refractivity contribution in [3.8, 4) is 11.5 Å². The minimum atomic E-state index is -4.90. The van der Waals surface area contributed by atoms with Crippen molar-refractivity contribution in [3.05, 3.63) is 29.8 Å². The summed E-state index contributed by atoms with van der Waals surface area (Å²) in [4.78, 5) is 48.1. The van der Waals surface area contributed by atoms with Crippen LogP contribution in [0.1, 0.15) is 25.8 Å². The number of likely N-dealkylation sites (tertiary alicyclic amines) is 1. The van der Waals surface area contributed by atoms with E-state index in [2.05, 4.69) is 0 Å². The van der Waals surface area contributed by atoms with Gasteiger partial charge in [0.1, 0.15) is 6.04 Å². The second kappa shape index (κ2) is 9.49. The maximum atomic E-state index is 12.5. The van der Waals surface area contributed by atoms with Crippen molar-refractivity contribution in [2.75, 3.05) is 6.54 Å². The molecule has 0 aromatic heterocycles. The molecule has 0 aliphatic carbocycles. The van der Waals surface area contributed by atoms with Gasteiger partial charge in [-0.1, -0.05) is 6.07 Å². The zero-order valence-corrected chi connectivity index (χ0v) is 19.7. The largest absolute Gasteiger partial charge is 1.00 e. The van der Waals surface area contributed by atoms with Gasteiger partial charge in [-0.2, -0.15) is 0 Å². The number of hydrogen-bond donors (Lipinski definition) is 0. The summed E-state index contributed by atoms with van der Waals surface area (Å²) >= 11 is 0. The van der Waals surface area contributed by atoms with Gasteiger partial charge in [-0.3, -0.25) is 19.2 Å². The number of hydrogen-bond acceptors (Lipinski definition) is 9. The molecule has 2 fully saturated rings. The summed E-state index contributed by atoms with van der Waals surface area (Å²) in [5, 5.41) is 0. The van der Waals surface area contributed by atoms with E-state index < -0.39 is 46.1 Å². The molecule has 11 nitrogen and oxygen atoms in total. The van der Waals surface area contributed by atoms with Crippen LogP contribution in [0.15, 0.2) is 24.3 Å². The number of carbonyl (C=O) groups excluding carboxylic acids is 4. The molecule has 13 heteroatoms. The summed E-state index contributed by atoms with van der Waals surface area (Å²) in [6, 6.07) is 2.48. The molecule has 2 atom stereocenters. The third kappa shape index (κ3) is 5.33. The van der Waals surface area contributed by atoms with E-state index in [-0.39, 0.29) is 58.3 Å². The van der Waals surface area contributed by atoms with E-state index in [1.165, 1.54) is 49.1 Å². The monoisotopic (exact) mass is 460 g/mol. The molecule has 1 aromatic rings. The van der Waals surface area contributed by atoms with E-state index in [9.17, 15) is 32.1 Å². The van der Waals surface area contributed by atoms with Crippen LogP contribution in [0.25, 0.3) is 6.08 Å². The minimum absolute atomic E-state index is 0. The quantitative estimate of drug-likeness (QED) is 0.111. The number of benzene rings is 1. The molecule has 1 aromatic carbocycles. The van der Waals surface area contributed by atoms with Crippen LogP contribution in [0.2, 0.25) is 0 Å². The number of amides is 2. The second-order valence-electron chi connectivity index (χ2n) is 6.65. The first kappa shape index (κ1) is 25.0. The Hall–Kier alpha value is -2.25. The summed E-state index contributed by atoms with van der Waals surface area (Å²) in [6.07, 6.45) is 2.75. The van der Waals surface area contributed by atoms with Crippen molar-refractivity contribution in [2.45, 2.75) is 32.4 Å². The van der Waals surface area contributed by atoms with Crippen molar-refractivity contribution in [1.29, 1.82) is 0 Å². The second-order valence-corrected chi connectivity index (χ2v) is 7.90. The number of carbonyl (C=O) groups is 4. The molecule has 2 heterocycles. The first-order chi connectivity index (χ1) is 14.0. The van der Waals surface area contributed by atoms with E-state index in [1.54, 1.807) is 0 Å². The van der Waals surface area contributed by atoms with Crippen LogP contribution in [-0.4, -0.2) is 64.6 Å². The van der Waals surface area contributed by atoms with E-state index in [4.69, 9.17) is 9.47 Å². The van der Waals surface area contributed by atoms with Gasteiger partial charge in [0, 0.05) is 26.5 Å². The molecule has 0 radical (unpaired) electrons. The zero-order valence-electron chi connectivity index (χ0n) is 16.9. The van der Waals surface area contributed by atoms with Crippen LogP contribution < -0.4 is 39.0 Å². The molecule has 2 aliphatic heterocycles. The molecule has 0 saturated carbocycles.